The number of nitrogens with zero attached hydrogens (tertiary/aromatic N) is 1. The van der Waals surface area contributed by atoms with Crippen molar-refractivity contribution >= 4 is 11.3 Å². The smallest absolute Gasteiger partial charge is 0.0404 e. The van der Waals surface area contributed by atoms with Crippen molar-refractivity contribution in [3.63, 3.8) is 0 Å². The Morgan fingerprint density at radius 3 is 2.08 bits per heavy atom. The van der Waals surface area contributed by atoms with Crippen LogP contribution < -0.4 is 4.90 Å². The van der Waals surface area contributed by atoms with Crippen LogP contribution in [0.4, 0.5) is 5.69 Å². The van der Waals surface area contributed by atoms with E-state index in [2.05, 4.69) is 103 Å². The van der Waals surface area contributed by atoms with Gasteiger partial charge in [-0.1, -0.05) is 84.9 Å². The largest absolute Gasteiger partial charge is 0.365 e. The van der Waals surface area contributed by atoms with E-state index in [0.29, 0.717) is 6.04 Å². The quantitative estimate of drug-likeness (QED) is 0.567. The van der Waals surface area contributed by atoms with Crippen LogP contribution in [0.15, 0.2) is 91.0 Å². The van der Waals surface area contributed by atoms with E-state index in [-0.39, 0.29) is 0 Å². The molecule has 4 rings (SSSR count). The van der Waals surface area contributed by atoms with Crippen molar-refractivity contribution in [1.29, 1.82) is 0 Å². The lowest BCUT2D eigenvalue weighted by atomic mass is 9.95. The van der Waals surface area contributed by atoms with Crippen LogP contribution in [0.1, 0.15) is 30.0 Å². The molecule has 26 heavy (non-hydrogen) atoms. The van der Waals surface area contributed by atoms with Crippen LogP contribution in [-0.4, -0.2) is 12.6 Å². The fourth-order valence-electron chi connectivity index (χ4n) is 3.87. The molecule has 0 saturated carbocycles. The van der Waals surface area contributed by atoms with Gasteiger partial charge in [0, 0.05) is 18.3 Å². The second kappa shape index (κ2) is 7.61. The molecule has 0 radical (unpaired) electrons. The van der Waals surface area contributed by atoms with Gasteiger partial charge in [0.2, 0.25) is 0 Å². The first-order valence-electron chi connectivity index (χ1n) is 9.48. The Kier molecular flexibility index (Phi) is 4.88. The van der Waals surface area contributed by atoms with Crippen LogP contribution in [0.25, 0.3) is 5.57 Å². The molecule has 0 N–H and O–H groups in total. The predicted octanol–water partition coefficient (Wildman–Crippen LogP) is 5.96. The molecule has 1 heterocycles. The molecule has 0 spiro atoms. The Morgan fingerprint density at radius 2 is 1.42 bits per heavy atom. The van der Waals surface area contributed by atoms with E-state index in [1.54, 1.807) is 0 Å². The van der Waals surface area contributed by atoms with Gasteiger partial charge >= 0.3 is 0 Å². The minimum absolute atomic E-state index is 0.564. The molecule has 0 fully saturated rings. The number of aryl methyl sites for hydroxylation is 1. The molecule has 1 aliphatic heterocycles. The van der Waals surface area contributed by atoms with Crippen LogP contribution >= 0.6 is 0 Å². The SMILES string of the molecule is CC1CCc2ccccc2N1CC=C(c1ccccc1)c1ccccc1. The van der Waals surface area contributed by atoms with Crippen molar-refractivity contribution < 1.29 is 0 Å². The third-order valence-corrected chi connectivity index (χ3v) is 5.33. The first-order chi connectivity index (χ1) is 12.8. The van der Waals surface area contributed by atoms with Crippen LogP contribution in [0, 0.1) is 0 Å². The number of para-hydroxylation sites is 1. The van der Waals surface area contributed by atoms with Gasteiger partial charge in [-0.15, -0.1) is 0 Å². The summed E-state index contributed by atoms with van der Waals surface area (Å²) in [6.07, 6.45) is 4.79. The van der Waals surface area contributed by atoms with Crippen LogP contribution in [0.3, 0.4) is 0 Å². The van der Waals surface area contributed by atoms with Gasteiger partial charge < -0.3 is 4.90 Å². The molecule has 3 aromatic rings. The lowest BCUT2D eigenvalue weighted by Crippen LogP contribution is -2.37. The van der Waals surface area contributed by atoms with E-state index < -0.39 is 0 Å². The average Bonchev–Trinajstić information content (AvgIpc) is 2.71. The molecule has 0 aliphatic carbocycles. The van der Waals surface area contributed by atoms with Crippen molar-refractivity contribution in [3.8, 4) is 0 Å². The molecule has 1 aliphatic rings. The molecule has 1 nitrogen and oxygen atoms in total. The summed E-state index contributed by atoms with van der Waals surface area (Å²) in [4.78, 5) is 2.55. The number of rotatable bonds is 4. The molecule has 1 heteroatoms. The topological polar surface area (TPSA) is 3.24 Å². The van der Waals surface area contributed by atoms with E-state index >= 15 is 0 Å². The standard InChI is InChI=1S/C25H25N/c1-20-16-17-23-14-8-9-15-25(23)26(20)19-18-24(21-10-4-2-5-11-21)22-12-6-3-7-13-22/h2-15,18,20H,16-17,19H2,1H3. The van der Waals surface area contributed by atoms with Crippen molar-refractivity contribution in [2.45, 2.75) is 25.8 Å². The summed E-state index contributed by atoms with van der Waals surface area (Å²) in [5, 5.41) is 0. The van der Waals surface area contributed by atoms with Gasteiger partial charge in [-0.25, -0.2) is 0 Å². The number of anilines is 1. The summed E-state index contributed by atoms with van der Waals surface area (Å²) in [7, 11) is 0. The highest BCUT2D eigenvalue weighted by atomic mass is 15.2. The number of hydrogen-bond acceptors (Lipinski definition) is 1. The summed E-state index contributed by atoms with van der Waals surface area (Å²) >= 11 is 0. The highest BCUT2D eigenvalue weighted by Crippen LogP contribution is 2.31. The zero-order valence-electron chi connectivity index (χ0n) is 15.3. The Morgan fingerprint density at radius 1 is 0.846 bits per heavy atom. The molecule has 0 amide bonds. The van der Waals surface area contributed by atoms with Crippen LogP contribution in [0.5, 0.6) is 0 Å². The molecule has 0 saturated heterocycles. The lowest BCUT2D eigenvalue weighted by Gasteiger charge is -2.36. The van der Waals surface area contributed by atoms with E-state index in [0.717, 1.165) is 6.54 Å². The zero-order valence-corrected chi connectivity index (χ0v) is 15.3. The second-order valence-corrected chi connectivity index (χ2v) is 7.02. The van der Waals surface area contributed by atoms with Gasteiger partial charge in [-0.2, -0.15) is 0 Å². The van der Waals surface area contributed by atoms with Gasteiger partial charge in [0.15, 0.2) is 0 Å². The summed E-state index contributed by atoms with van der Waals surface area (Å²) in [6, 6.07) is 30.8. The van der Waals surface area contributed by atoms with Gasteiger partial charge in [-0.05, 0) is 48.1 Å². The maximum absolute atomic E-state index is 2.55. The van der Waals surface area contributed by atoms with E-state index in [9.17, 15) is 0 Å². The van der Waals surface area contributed by atoms with Gasteiger partial charge in [0.1, 0.15) is 0 Å². The predicted molar refractivity (Wildman–Crippen MR) is 112 cm³/mol. The van der Waals surface area contributed by atoms with E-state index in [1.165, 1.54) is 40.8 Å². The summed E-state index contributed by atoms with van der Waals surface area (Å²) in [5.41, 5.74) is 6.72. The van der Waals surface area contributed by atoms with Gasteiger partial charge in [0.05, 0.1) is 0 Å². The molecular weight excluding hydrogens is 314 g/mol. The third-order valence-electron chi connectivity index (χ3n) is 5.33. The second-order valence-electron chi connectivity index (χ2n) is 7.02. The highest BCUT2D eigenvalue weighted by Gasteiger charge is 2.21. The first-order valence-corrected chi connectivity index (χ1v) is 9.48. The van der Waals surface area contributed by atoms with Gasteiger partial charge in [-0.3, -0.25) is 0 Å². The monoisotopic (exact) mass is 339 g/mol. The molecular formula is C25H25N. The fraction of sp³-hybridized carbons (Fsp3) is 0.200. The zero-order chi connectivity index (χ0) is 17.8. The Bertz CT molecular complexity index is 839. The molecule has 1 atom stereocenters. The Hall–Kier alpha value is -2.80. The van der Waals surface area contributed by atoms with Crippen molar-refractivity contribution in [1.82, 2.24) is 0 Å². The maximum atomic E-state index is 2.55. The summed E-state index contributed by atoms with van der Waals surface area (Å²) in [6.45, 7) is 3.27. The van der Waals surface area contributed by atoms with Crippen LogP contribution in [0.2, 0.25) is 0 Å². The summed E-state index contributed by atoms with van der Waals surface area (Å²) < 4.78 is 0. The molecule has 0 aromatic heterocycles. The maximum Gasteiger partial charge on any atom is 0.0404 e. The number of hydrogen-bond donors (Lipinski definition) is 0. The molecule has 130 valence electrons. The van der Waals surface area contributed by atoms with E-state index in [1.807, 2.05) is 0 Å². The third kappa shape index (κ3) is 3.43. The first kappa shape index (κ1) is 16.7. The minimum Gasteiger partial charge on any atom is -0.365 e. The Balaban J connectivity index is 1.70. The normalized spacial score (nSPS) is 16.0. The van der Waals surface area contributed by atoms with Crippen molar-refractivity contribution in [2.75, 3.05) is 11.4 Å². The van der Waals surface area contributed by atoms with Gasteiger partial charge in [0.25, 0.3) is 0 Å². The van der Waals surface area contributed by atoms with E-state index in [4.69, 9.17) is 0 Å². The Labute approximate surface area is 156 Å². The van der Waals surface area contributed by atoms with Crippen molar-refractivity contribution in [2.24, 2.45) is 0 Å². The lowest BCUT2D eigenvalue weighted by molar-refractivity contribution is 0.582. The highest BCUT2D eigenvalue weighted by molar-refractivity contribution is 5.80. The molecule has 0 bridgehead atoms. The number of benzene rings is 3. The molecule has 3 aromatic carbocycles. The summed E-state index contributed by atoms with van der Waals surface area (Å²) in [5.74, 6) is 0. The fourth-order valence-corrected chi connectivity index (χ4v) is 3.87. The minimum atomic E-state index is 0.564. The number of fused-ring (bicyclic) bond motifs is 1. The van der Waals surface area contributed by atoms with Crippen LogP contribution in [-0.2, 0) is 6.42 Å². The van der Waals surface area contributed by atoms with Crippen molar-refractivity contribution in [3.05, 3.63) is 108 Å². The molecule has 1 unspecified atom stereocenters. The average molecular weight is 339 g/mol.